The van der Waals surface area contributed by atoms with E-state index in [2.05, 4.69) is 5.32 Å². The normalized spacial score (nSPS) is 12.8. The molecule has 0 radical (unpaired) electrons. The number of benzene rings is 2. The van der Waals surface area contributed by atoms with E-state index < -0.39 is 23.6 Å². The van der Waals surface area contributed by atoms with Crippen molar-refractivity contribution in [2.75, 3.05) is 5.32 Å². The number of nitrogens with zero attached hydrogens (tertiary/aromatic N) is 1. The molecule has 4 amide bonds. The van der Waals surface area contributed by atoms with Crippen LogP contribution in [0.15, 0.2) is 65.3 Å². The van der Waals surface area contributed by atoms with E-state index in [0.717, 1.165) is 4.90 Å². The number of nitrogens with one attached hydrogen (secondary N) is 1. The largest absolute Gasteiger partial charge is 0.467 e. The van der Waals surface area contributed by atoms with Crippen LogP contribution in [0.5, 0.6) is 0 Å². The number of carbonyl (C=O) groups excluding carboxylic acids is 4. The van der Waals surface area contributed by atoms with Gasteiger partial charge in [-0.3, -0.25) is 24.1 Å². The minimum atomic E-state index is -0.566. The average Bonchev–Trinajstić information content (AvgIpc) is 3.31. The van der Waals surface area contributed by atoms with Gasteiger partial charge >= 0.3 is 0 Å². The van der Waals surface area contributed by atoms with Crippen LogP contribution in [0.1, 0.15) is 47.2 Å². The maximum absolute atomic E-state index is 12.7. The van der Waals surface area contributed by atoms with Crippen LogP contribution in [-0.2, 0) is 6.54 Å². The highest BCUT2D eigenvalue weighted by Gasteiger charge is 2.36. The smallest absolute Gasteiger partial charge is 0.261 e. The predicted octanol–water partition coefficient (Wildman–Crippen LogP) is 2.43. The minimum absolute atomic E-state index is 0.0209. The van der Waals surface area contributed by atoms with Crippen LogP contribution < -0.4 is 11.1 Å². The summed E-state index contributed by atoms with van der Waals surface area (Å²) < 4.78 is 5.20. The van der Waals surface area contributed by atoms with Crippen molar-refractivity contribution in [3.05, 3.63) is 88.9 Å². The van der Waals surface area contributed by atoms with Gasteiger partial charge in [0.1, 0.15) is 5.76 Å². The van der Waals surface area contributed by atoms with Crippen molar-refractivity contribution >= 4 is 29.3 Å². The summed E-state index contributed by atoms with van der Waals surface area (Å²) in [5.41, 5.74) is 6.60. The van der Waals surface area contributed by atoms with Gasteiger partial charge < -0.3 is 15.5 Å². The van der Waals surface area contributed by atoms with E-state index in [-0.39, 0.29) is 23.2 Å². The first kappa shape index (κ1) is 18.2. The second-order valence-corrected chi connectivity index (χ2v) is 6.43. The predicted molar refractivity (Wildman–Crippen MR) is 102 cm³/mol. The average molecular weight is 389 g/mol. The zero-order chi connectivity index (χ0) is 20.5. The molecule has 0 fully saturated rings. The second kappa shape index (κ2) is 7.08. The van der Waals surface area contributed by atoms with Gasteiger partial charge in [0.2, 0.25) is 5.91 Å². The second-order valence-electron chi connectivity index (χ2n) is 6.43. The van der Waals surface area contributed by atoms with Gasteiger partial charge in [0.25, 0.3) is 17.7 Å². The Bertz CT molecular complexity index is 1130. The first-order valence-electron chi connectivity index (χ1n) is 8.68. The Hall–Kier alpha value is -4.20. The first-order chi connectivity index (χ1) is 13.9. The third-order valence-corrected chi connectivity index (χ3v) is 4.55. The number of nitrogens with two attached hydrogens (primary N) is 1. The lowest BCUT2D eigenvalue weighted by molar-refractivity contribution is 0.0631. The van der Waals surface area contributed by atoms with Crippen LogP contribution in [0.25, 0.3) is 0 Å². The van der Waals surface area contributed by atoms with Crippen molar-refractivity contribution in [2.45, 2.75) is 6.54 Å². The summed E-state index contributed by atoms with van der Waals surface area (Å²) in [6.45, 7) is 0.0209. The van der Waals surface area contributed by atoms with Crippen molar-refractivity contribution in [1.82, 2.24) is 4.90 Å². The van der Waals surface area contributed by atoms with Crippen LogP contribution in [0.3, 0.4) is 0 Å². The SMILES string of the molecule is NC(=O)c1ccc(NC(=O)c2ccc3c(c2)C(=O)N(Cc2ccco2)C3=O)cc1. The summed E-state index contributed by atoms with van der Waals surface area (Å²) in [5, 5.41) is 2.67. The third kappa shape index (κ3) is 3.39. The molecule has 0 saturated carbocycles. The lowest BCUT2D eigenvalue weighted by atomic mass is 10.1. The van der Waals surface area contributed by atoms with Gasteiger partial charge in [-0.25, -0.2) is 0 Å². The lowest BCUT2D eigenvalue weighted by Crippen LogP contribution is -2.28. The fraction of sp³-hybridized carbons (Fsp3) is 0.0476. The van der Waals surface area contributed by atoms with Gasteiger partial charge in [-0.1, -0.05) is 0 Å². The minimum Gasteiger partial charge on any atom is -0.467 e. The molecule has 0 unspecified atom stereocenters. The molecule has 0 atom stereocenters. The third-order valence-electron chi connectivity index (χ3n) is 4.55. The summed E-state index contributed by atoms with van der Waals surface area (Å²) in [7, 11) is 0. The molecule has 1 aromatic heterocycles. The van der Waals surface area contributed by atoms with Crippen LogP contribution in [0.4, 0.5) is 5.69 Å². The molecule has 144 valence electrons. The number of primary amides is 1. The van der Waals surface area contributed by atoms with E-state index in [1.807, 2.05) is 0 Å². The van der Waals surface area contributed by atoms with E-state index in [9.17, 15) is 19.2 Å². The topological polar surface area (TPSA) is 123 Å². The highest BCUT2D eigenvalue weighted by Crippen LogP contribution is 2.26. The molecular formula is C21H15N3O5. The summed E-state index contributed by atoms with van der Waals surface area (Å²) in [5.74, 6) is -1.46. The van der Waals surface area contributed by atoms with Gasteiger partial charge in [0, 0.05) is 16.8 Å². The molecule has 1 aliphatic heterocycles. The Morgan fingerprint density at radius 1 is 0.931 bits per heavy atom. The van der Waals surface area contributed by atoms with E-state index in [1.54, 1.807) is 24.3 Å². The van der Waals surface area contributed by atoms with Crippen molar-refractivity contribution in [2.24, 2.45) is 5.73 Å². The van der Waals surface area contributed by atoms with Crippen molar-refractivity contribution < 1.29 is 23.6 Å². The zero-order valence-electron chi connectivity index (χ0n) is 15.0. The Morgan fingerprint density at radius 2 is 1.62 bits per heavy atom. The molecule has 8 nitrogen and oxygen atoms in total. The quantitative estimate of drug-likeness (QED) is 0.649. The van der Waals surface area contributed by atoms with Crippen LogP contribution in [0.2, 0.25) is 0 Å². The van der Waals surface area contributed by atoms with Crippen LogP contribution >= 0.6 is 0 Å². The zero-order valence-corrected chi connectivity index (χ0v) is 15.0. The van der Waals surface area contributed by atoms with Crippen molar-refractivity contribution in [3.8, 4) is 0 Å². The number of hydrogen-bond donors (Lipinski definition) is 2. The fourth-order valence-corrected chi connectivity index (χ4v) is 3.06. The Kier molecular flexibility index (Phi) is 4.44. The van der Waals surface area contributed by atoms with Crippen LogP contribution in [0, 0.1) is 0 Å². The maximum Gasteiger partial charge on any atom is 0.261 e. The van der Waals surface area contributed by atoms with Gasteiger partial charge in [-0.15, -0.1) is 0 Å². The number of amides is 4. The molecule has 3 N–H and O–H groups in total. The highest BCUT2D eigenvalue weighted by molar-refractivity contribution is 6.22. The molecule has 0 aliphatic carbocycles. The van der Waals surface area contributed by atoms with Crippen molar-refractivity contribution in [3.63, 3.8) is 0 Å². The van der Waals surface area contributed by atoms with Gasteiger partial charge in [-0.2, -0.15) is 0 Å². The number of imide groups is 1. The Labute approximate surface area is 164 Å². The molecule has 8 heteroatoms. The standard InChI is InChI=1S/C21H15N3O5/c22-18(25)12-3-6-14(7-4-12)23-19(26)13-5-8-16-17(10-13)21(28)24(20(16)27)11-15-2-1-9-29-15/h1-10H,11H2,(H2,22,25)(H,23,26). The summed E-state index contributed by atoms with van der Waals surface area (Å²) in [6, 6.07) is 13.8. The van der Waals surface area contributed by atoms with Gasteiger partial charge in [0.05, 0.1) is 23.9 Å². The number of rotatable bonds is 5. The molecule has 29 heavy (non-hydrogen) atoms. The molecule has 0 saturated heterocycles. The van der Waals surface area contributed by atoms with E-state index in [4.69, 9.17) is 10.2 Å². The van der Waals surface area contributed by atoms with E-state index in [1.165, 1.54) is 36.6 Å². The van der Waals surface area contributed by atoms with Crippen molar-refractivity contribution in [1.29, 1.82) is 0 Å². The number of hydrogen-bond acceptors (Lipinski definition) is 5. The van der Waals surface area contributed by atoms with Crippen LogP contribution in [-0.4, -0.2) is 28.5 Å². The lowest BCUT2D eigenvalue weighted by Gasteiger charge is -2.11. The molecular weight excluding hydrogens is 374 g/mol. The van der Waals surface area contributed by atoms with Gasteiger partial charge in [0.15, 0.2) is 0 Å². The molecule has 2 heterocycles. The number of anilines is 1. The molecule has 0 spiro atoms. The molecule has 0 bridgehead atoms. The highest BCUT2D eigenvalue weighted by atomic mass is 16.3. The Balaban J connectivity index is 1.53. The molecule has 3 aromatic rings. The van der Waals surface area contributed by atoms with E-state index >= 15 is 0 Å². The summed E-state index contributed by atoms with van der Waals surface area (Å²) in [4.78, 5) is 49.9. The Morgan fingerprint density at radius 3 is 2.28 bits per heavy atom. The molecule has 2 aromatic carbocycles. The summed E-state index contributed by atoms with van der Waals surface area (Å²) in [6.07, 6.45) is 1.46. The van der Waals surface area contributed by atoms with E-state index in [0.29, 0.717) is 17.0 Å². The number of furan rings is 1. The molecule has 4 rings (SSSR count). The number of carbonyl (C=O) groups is 4. The fourth-order valence-electron chi connectivity index (χ4n) is 3.06. The molecule has 1 aliphatic rings. The van der Waals surface area contributed by atoms with Gasteiger partial charge in [-0.05, 0) is 54.6 Å². The monoisotopic (exact) mass is 389 g/mol. The maximum atomic E-state index is 12.7. The summed E-state index contributed by atoms with van der Waals surface area (Å²) >= 11 is 0. The number of fused-ring (bicyclic) bond motifs is 1. The first-order valence-corrected chi connectivity index (χ1v) is 8.68.